The Morgan fingerprint density at radius 1 is 1.22 bits per heavy atom. The molecule has 0 radical (unpaired) electrons. The van der Waals surface area contributed by atoms with Crippen molar-refractivity contribution in [1.29, 1.82) is 0 Å². The van der Waals surface area contributed by atoms with Crippen molar-refractivity contribution in [1.82, 2.24) is 10.1 Å². The molecule has 0 saturated carbocycles. The number of hydrogen-bond donors (Lipinski definition) is 1. The van der Waals surface area contributed by atoms with Crippen molar-refractivity contribution in [2.75, 3.05) is 5.32 Å². The average Bonchev–Trinajstić information content (AvgIpc) is 3.08. The zero-order valence-electron chi connectivity index (χ0n) is 14.9. The molecular weight excluding hydrogens is 373 g/mol. The van der Waals surface area contributed by atoms with Crippen LogP contribution >= 0.6 is 11.6 Å². The average molecular weight is 390 g/mol. The summed E-state index contributed by atoms with van der Waals surface area (Å²) in [4.78, 5) is 16.4. The molecule has 0 aliphatic carbocycles. The van der Waals surface area contributed by atoms with Gasteiger partial charge in [0.05, 0.1) is 0 Å². The van der Waals surface area contributed by atoms with Gasteiger partial charge in [-0.3, -0.25) is 10.1 Å². The van der Waals surface area contributed by atoms with E-state index in [-0.39, 0.29) is 17.7 Å². The predicted octanol–water partition coefficient (Wildman–Crippen LogP) is 4.55. The van der Waals surface area contributed by atoms with Crippen molar-refractivity contribution in [2.24, 2.45) is 0 Å². The van der Waals surface area contributed by atoms with Gasteiger partial charge in [-0.2, -0.15) is 4.98 Å². The zero-order valence-corrected chi connectivity index (χ0v) is 15.7. The Balaban J connectivity index is 1.66. The normalized spacial score (nSPS) is 11.9. The van der Waals surface area contributed by atoms with Crippen molar-refractivity contribution < 1.29 is 18.4 Å². The van der Waals surface area contributed by atoms with Crippen molar-refractivity contribution in [3.63, 3.8) is 0 Å². The summed E-state index contributed by atoms with van der Waals surface area (Å²) in [6, 6.07) is 9.10. The van der Waals surface area contributed by atoms with Gasteiger partial charge in [0.2, 0.25) is 0 Å². The van der Waals surface area contributed by atoms with Crippen LogP contribution in [-0.2, 0) is 4.79 Å². The van der Waals surface area contributed by atoms with E-state index >= 15 is 0 Å². The molecule has 0 bridgehead atoms. The summed E-state index contributed by atoms with van der Waals surface area (Å²) in [5.41, 5.74) is 2.27. The molecule has 1 atom stereocenters. The lowest BCUT2D eigenvalue weighted by Crippen LogP contribution is -2.30. The van der Waals surface area contributed by atoms with Gasteiger partial charge in [0, 0.05) is 10.6 Å². The molecular formula is C19H17ClFN3O3. The minimum absolute atomic E-state index is 0.00163. The van der Waals surface area contributed by atoms with Crippen molar-refractivity contribution in [3.05, 3.63) is 58.4 Å². The van der Waals surface area contributed by atoms with Gasteiger partial charge in [-0.1, -0.05) is 11.6 Å². The van der Waals surface area contributed by atoms with Gasteiger partial charge in [-0.25, -0.2) is 4.39 Å². The molecule has 140 valence electrons. The highest BCUT2D eigenvalue weighted by Gasteiger charge is 2.19. The number of rotatable bonds is 5. The lowest BCUT2D eigenvalue weighted by Gasteiger charge is -2.15. The van der Waals surface area contributed by atoms with E-state index in [0.717, 1.165) is 11.1 Å². The molecule has 8 heteroatoms. The van der Waals surface area contributed by atoms with Gasteiger partial charge in [0.15, 0.2) is 6.10 Å². The number of carbonyl (C=O) groups excluding carboxylic acids is 1. The van der Waals surface area contributed by atoms with E-state index in [4.69, 9.17) is 20.9 Å². The molecule has 1 aromatic heterocycles. The molecule has 1 amide bonds. The Bertz CT molecular complexity index is 950. The second-order valence-corrected chi connectivity index (χ2v) is 6.43. The maximum Gasteiger partial charge on any atom is 0.270 e. The van der Waals surface area contributed by atoms with Gasteiger partial charge in [0.1, 0.15) is 11.6 Å². The molecule has 0 fully saturated rings. The highest BCUT2D eigenvalue weighted by Crippen LogP contribution is 2.26. The Morgan fingerprint density at radius 2 is 1.85 bits per heavy atom. The molecule has 3 rings (SSSR count). The SMILES string of the molecule is Cc1cc(O[C@@H](C)C(=O)Nc2noc(-c3ccc(F)cc3)n2)cc(C)c1Cl. The number of nitrogens with one attached hydrogen (secondary N) is 1. The Hall–Kier alpha value is -2.93. The quantitative estimate of drug-likeness (QED) is 0.692. The number of amides is 1. The van der Waals surface area contributed by atoms with Crippen LogP contribution in [0.2, 0.25) is 5.02 Å². The maximum absolute atomic E-state index is 13.0. The number of nitrogens with zero attached hydrogens (tertiary/aromatic N) is 2. The summed E-state index contributed by atoms with van der Waals surface area (Å²) in [5, 5.41) is 6.89. The predicted molar refractivity (Wildman–Crippen MR) is 99.3 cm³/mol. The largest absolute Gasteiger partial charge is 0.481 e. The van der Waals surface area contributed by atoms with Crippen molar-refractivity contribution in [3.8, 4) is 17.2 Å². The number of carbonyl (C=O) groups is 1. The topological polar surface area (TPSA) is 77.2 Å². The zero-order chi connectivity index (χ0) is 19.6. The van der Waals surface area contributed by atoms with Crippen LogP contribution in [0.15, 0.2) is 40.9 Å². The molecule has 27 heavy (non-hydrogen) atoms. The summed E-state index contributed by atoms with van der Waals surface area (Å²) in [6.45, 7) is 5.34. The molecule has 1 heterocycles. The lowest BCUT2D eigenvalue weighted by atomic mass is 10.1. The number of ether oxygens (including phenoxy) is 1. The molecule has 0 aliphatic rings. The van der Waals surface area contributed by atoms with Crippen molar-refractivity contribution in [2.45, 2.75) is 26.9 Å². The Kier molecular flexibility index (Phi) is 5.41. The lowest BCUT2D eigenvalue weighted by molar-refractivity contribution is -0.122. The van der Waals surface area contributed by atoms with E-state index < -0.39 is 12.0 Å². The number of halogens is 2. The van der Waals surface area contributed by atoms with E-state index in [9.17, 15) is 9.18 Å². The van der Waals surface area contributed by atoms with Crippen LogP contribution in [0.1, 0.15) is 18.1 Å². The third kappa shape index (κ3) is 4.43. The third-order valence-electron chi connectivity index (χ3n) is 3.84. The van der Waals surface area contributed by atoms with Crippen LogP contribution in [0, 0.1) is 19.7 Å². The molecule has 1 N–H and O–H groups in total. The fraction of sp³-hybridized carbons (Fsp3) is 0.211. The highest BCUT2D eigenvalue weighted by atomic mass is 35.5. The van der Waals surface area contributed by atoms with Crippen molar-refractivity contribution >= 4 is 23.5 Å². The van der Waals surface area contributed by atoms with Gasteiger partial charge in [0.25, 0.3) is 17.7 Å². The van der Waals surface area contributed by atoms with E-state index in [0.29, 0.717) is 16.3 Å². The first-order valence-corrected chi connectivity index (χ1v) is 8.55. The standard InChI is InChI=1S/C19H17ClFN3O3/c1-10-8-15(9-11(2)16(10)20)26-12(3)17(25)22-19-23-18(27-24-19)13-4-6-14(21)7-5-13/h4-9,12H,1-3H3,(H,22,24,25)/t12-/m0/s1. The second kappa shape index (κ2) is 7.75. The number of benzene rings is 2. The smallest absolute Gasteiger partial charge is 0.270 e. The fourth-order valence-corrected chi connectivity index (χ4v) is 2.54. The molecule has 6 nitrogen and oxygen atoms in total. The summed E-state index contributed by atoms with van der Waals surface area (Å²) in [7, 11) is 0. The first-order valence-electron chi connectivity index (χ1n) is 8.17. The third-order valence-corrected chi connectivity index (χ3v) is 4.44. The molecule has 0 aliphatic heterocycles. The van der Waals surface area contributed by atoms with Crippen LogP contribution in [0.5, 0.6) is 5.75 Å². The molecule has 3 aromatic rings. The molecule has 0 spiro atoms. The second-order valence-electron chi connectivity index (χ2n) is 6.05. The molecule has 0 saturated heterocycles. The first-order chi connectivity index (χ1) is 12.8. The minimum atomic E-state index is -0.794. The van der Waals surface area contributed by atoms with Crippen LogP contribution in [0.4, 0.5) is 10.3 Å². The summed E-state index contributed by atoms with van der Waals surface area (Å²) in [5.74, 6) is -0.102. The van der Waals surface area contributed by atoms with E-state index in [1.54, 1.807) is 19.1 Å². The maximum atomic E-state index is 13.0. The fourth-order valence-electron chi connectivity index (χ4n) is 2.43. The van der Waals surface area contributed by atoms with Gasteiger partial charge in [-0.05, 0) is 73.5 Å². The Labute approximate surface area is 160 Å². The molecule has 2 aromatic carbocycles. The monoisotopic (exact) mass is 389 g/mol. The number of hydrogen-bond acceptors (Lipinski definition) is 5. The molecule has 0 unspecified atom stereocenters. The van der Waals surface area contributed by atoms with Crippen LogP contribution in [0.3, 0.4) is 0 Å². The number of aromatic nitrogens is 2. The number of anilines is 1. The van der Waals surface area contributed by atoms with E-state index in [2.05, 4.69) is 15.5 Å². The van der Waals surface area contributed by atoms with Crippen LogP contribution in [-0.4, -0.2) is 22.2 Å². The summed E-state index contributed by atoms with van der Waals surface area (Å²) < 4.78 is 23.7. The summed E-state index contributed by atoms with van der Waals surface area (Å²) in [6.07, 6.45) is -0.794. The first kappa shape index (κ1) is 18.8. The van der Waals surface area contributed by atoms with Gasteiger partial charge in [-0.15, -0.1) is 0 Å². The van der Waals surface area contributed by atoms with E-state index in [1.165, 1.54) is 24.3 Å². The summed E-state index contributed by atoms with van der Waals surface area (Å²) >= 11 is 6.13. The van der Waals surface area contributed by atoms with Crippen LogP contribution in [0.25, 0.3) is 11.5 Å². The minimum Gasteiger partial charge on any atom is -0.481 e. The van der Waals surface area contributed by atoms with Gasteiger partial charge >= 0.3 is 0 Å². The van der Waals surface area contributed by atoms with E-state index in [1.807, 2.05) is 13.8 Å². The number of aryl methyl sites for hydroxylation is 2. The van der Waals surface area contributed by atoms with Crippen LogP contribution < -0.4 is 10.1 Å². The Morgan fingerprint density at radius 3 is 2.48 bits per heavy atom. The van der Waals surface area contributed by atoms with Gasteiger partial charge < -0.3 is 9.26 Å². The highest BCUT2D eigenvalue weighted by molar-refractivity contribution is 6.32.